The molecule has 0 spiro atoms. The third-order valence-electron chi connectivity index (χ3n) is 6.16. The summed E-state index contributed by atoms with van der Waals surface area (Å²) in [6.07, 6.45) is 0. The van der Waals surface area contributed by atoms with Crippen molar-refractivity contribution in [2.24, 2.45) is 0 Å². The summed E-state index contributed by atoms with van der Waals surface area (Å²) < 4.78 is 10.6. The second kappa shape index (κ2) is 9.99. The van der Waals surface area contributed by atoms with Gasteiger partial charge in [-0.2, -0.15) is 0 Å². The van der Waals surface area contributed by atoms with Gasteiger partial charge in [-0.1, -0.05) is 23.8 Å². The number of hydrogen-bond donors (Lipinski definition) is 1. The lowest BCUT2D eigenvalue weighted by atomic mass is 10.1. The predicted molar refractivity (Wildman–Crippen MR) is 134 cm³/mol. The average Bonchev–Trinajstić information content (AvgIpc) is 2.86. The molecule has 1 fully saturated rings. The highest BCUT2D eigenvalue weighted by atomic mass is 16.5. The van der Waals surface area contributed by atoms with Crippen molar-refractivity contribution in [3.63, 3.8) is 0 Å². The lowest BCUT2D eigenvalue weighted by molar-refractivity contribution is 0.208. The molecule has 178 valence electrons. The van der Waals surface area contributed by atoms with Crippen molar-refractivity contribution in [3.05, 3.63) is 59.3 Å². The fourth-order valence-electron chi connectivity index (χ4n) is 4.05. The number of carbonyl (C=O) groups excluding carboxylic acids is 1. The Morgan fingerprint density at radius 2 is 1.71 bits per heavy atom. The molecule has 0 aliphatic carbocycles. The van der Waals surface area contributed by atoms with Gasteiger partial charge in [-0.3, -0.25) is 0 Å². The third kappa shape index (κ3) is 4.90. The van der Waals surface area contributed by atoms with Crippen LogP contribution in [0, 0.1) is 20.8 Å². The highest BCUT2D eigenvalue weighted by Gasteiger charge is 2.25. The summed E-state index contributed by atoms with van der Waals surface area (Å²) in [4.78, 5) is 26.6. The van der Waals surface area contributed by atoms with Gasteiger partial charge in [0.25, 0.3) is 0 Å². The Kier molecular flexibility index (Phi) is 6.86. The van der Waals surface area contributed by atoms with E-state index in [0.29, 0.717) is 43.4 Å². The molecule has 1 N–H and O–H groups in total. The number of nitrogens with one attached hydrogen (secondary N) is 1. The number of hydrogen-bond acceptors (Lipinski definition) is 6. The third-order valence-corrected chi connectivity index (χ3v) is 6.16. The molecule has 34 heavy (non-hydrogen) atoms. The van der Waals surface area contributed by atoms with E-state index < -0.39 is 0 Å². The quantitative estimate of drug-likeness (QED) is 0.605. The first-order valence-electron chi connectivity index (χ1n) is 11.3. The van der Waals surface area contributed by atoms with Crippen molar-refractivity contribution in [1.29, 1.82) is 0 Å². The molecule has 3 aromatic rings. The summed E-state index contributed by atoms with van der Waals surface area (Å²) in [5.74, 6) is 2.89. The first kappa shape index (κ1) is 23.4. The van der Waals surface area contributed by atoms with E-state index in [0.717, 1.165) is 28.5 Å². The molecule has 1 aromatic heterocycles. The Morgan fingerprint density at radius 1 is 0.941 bits per heavy atom. The highest BCUT2D eigenvalue weighted by molar-refractivity contribution is 5.91. The van der Waals surface area contributed by atoms with Crippen molar-refractivity contribution in [2.45, 2.75) is 20.8 Å². The zero-order chi connectivity index (χ0) is 24.2. The number of anilines is 2. The number of amides is 2. The maximum atomic E-state index is 12.9. The number of carbonyl (C=O) groups is 1. The second-order valence-electron chi connectivity index (χ2n) is 8.42. The molecule has 4 rings (SSSR count). The van der Waals surface area contributed by atoms with E-state index in [4.69, 9.17) is 19.4 Å². The minimum Gasteiger partial charge on any atom is -0.497 e. The number of urea groups is 1. The van der Waals surface area contributed by atoms with Crippen LogP contribution in [0.15, 0.2) is 42.5 Å². The van der Waals surface area contributed by atoms with Gasteiger partial charge in [0.1, 0.15) is 17.3 Å². The van der Waals surface area contributed by atoms with Crippen LogP contribution < -0.4 is 19.7 Å². The number of aryl methyl sites for hydroxylation is 2. The monoisotopic (exact) mass is 461 g/mol. The van der Waals surface area contributed by atoms with E-state index in [9.17, 15) is 4.79 Å². The minimum atomic E-state index is -0.154. The molecule has 0 unspecified atom stereocenters. The molecular weight excluding hydrogens is 430 g/mol. The van der Waals surface area contributed by atoms with Crippen LogP contribution in [0.4, 0.5) is 16.3 Å². The summed E-state index contributed by atoms with van der Waals surface area (Å²) in [6.45, 7) is 8.71. The largest absolute Gasteiger partial charge is 0.497 e. The number of piperazine rings is 1. The molecule has 2 aromatic carbocycles. The lowest BCUT2D eigenvalue weighted by Crippen LogP contribution is -2.50. The van der Waals surface area contributed by atoms with E-state index in [1.807, 2.05) is 24.0 Å². The van der Waals surface area contributed by atoms with Gasteiger partial charge in [-0.15, -0.1) is 0 Å². The Morgan fingerprint density at radius 3 is 2.38 bits per heavy atom. The normalized spacial score (nSPS) is 13.6. The zero-order valence-corrected chi connectivity index (χ0v) is 20.4. The smallest absolute Gasteiger partial charge is 0.322 e. The molecule has 0 bridgehead atoms. The predicted octanol–water partition coefficient (Wildman–Crippen LogP) is 4.44. The fraction of sp³-hybridized carbons (Fsp3) is 0.346. The van der Waals surface area contributed by atoms with Gasteiger partial charge in [-0.25, -0.2) is 14.8 Å². The second-order valence-corrected chi connectivity index (χ2v) is 8.42. The Bertz CT molecular complexity index is 1190. The van der Waals surface area contributed by atoms with E-state index >= 15 is 0 Å². The molecule has 0 saturated carbocycles. The highest BCUT2D eigenvalue weighted by Crippen LogP contribution is 2.30. The number of benzene rings is 2. The molecule has 0 atom stereocenters. The SMILES string of the molecule is COc1ccc(NC(=O)N2CCN(c3nc(-c4cccc(C)c4)nc(C)c3C)CC2)c(OC)c1. The van der Waals surface area contributed by atoms with Crippen molar-refractivity contribution < 1.29 is 14.3 Å². The molecule has 1 saturated heterocycles. The summed E-state index contributed by atoms with van der Waals surface area (Å²) in [5, 5.41) is 2.96. The van der Waals surface area contributed by atoms with Crippen LogP contribution in [-0.4, -0.2) is 61.3 Å². The van der Waals surface area contributed by atoms with Gasteiger partial charge in [-0.05, 0) is 39.0 Å². The van der Waals surface area contributed by atoms with Crippen LogP contribution >= 0.6 is 0 Å². The Labute approximate surface area is 200 Å². The van der Waals surface area contributed by atoms with Crippen LogP contribution in [0.5, 0.6) is 11.5 Å². The number of nitrogens with zero attached hydrogens (tertiary/aromatic N) is 4. The van der Waals surface area contributed by atoms with E-state index in [1.54, 1.807) is 32.4 Å². The van der Waals surface area contributed by atoms with Crippen LogP contribution in [-0.2, 0) is 0 Å². The molecule has 1 aliphatic rings. The summed E-state index contributed by atoms with van der Waals surface area (Å²) in [6, 6.07) is 13.4. The Hall–Kier alpha value is -3.81. The fourth-order valence-corrected chi connectivity index (χ4v) is 4.05. The number of ether oxygens (including phenoxy) is 2. The molecule has 8 nitrogen and oxygen atoms in total. The summed E-state index contributed by atoms with van der Waals surface area (Å²) >= 11 is 0. The van der Waals surface area contributed by atoms with Crippen molar-refractivity contribution in [1.82, 2.24) is 14.9 Å². The van der Waals surface area contributed by atoms with Crippen molar-refractivity contribution in [2.75, 3.05) is 50.6 Å². The zero-order valence-electron chi connectivity index (χ0n) is 20.4. The molecule has 2 heterocycles. The van der Waals surface area contributed by atoms with Crippen LogP contribution in [0.2, 0.25) is 0 Å². The maximum absolute atomic E-state index is 12.9. The van der Waals surface area contributed by atoms with Crippen molar-refractivity contribution >= 4 is 17.5 Å². The van der Waals surface area contributed by atoms with Gasteiger partial charge < -0.3 is 24.6 Å². The molecular formula is C26H31N5O3. The van der Waals surface area contributed by atoms with E-state index in [-0.39, 0.29) is 6.03 Å². The van der Waals surface area contributed by atoms with Gasteiger partial charge in [0.05, 0.1) is 19.9 Å². The van der Waals surface area contributed by atoms with Gasteiger partial charge in [0.15, 0.2) is 5.82 Å². The first-order valence-corrected chi connectivity index (χ1v) is 11.3. The van der Waals surface area contributed by atoms with E-state index in [2.05, 4.69) is 36.2 Å². The van der Waals surface area contributed by atoms with Crippen LogP contribution in [0.25, 0.3) is 11.4 Å². The number of aromatic nitrogens is 2. The molecule has 0 radical (unpaired) electrons. The molecule has 1 aliphatic heterocycles. The number of rotatable bonds is 5. The molecule has 8 heteroatoms. The van der Waals surface area contributed by atoms with Gasteiger partial charge in [0.2, 0.25) is 0 Å². The van der Waals surface area contributed by atoms with Gasteiger partial charge in [0, 0.05) is 49.1 Å². The van der Waals surface area contributed by atoms with Crippen molar-refractivity contribution in [3.8, 4) is 22.9 Å². The lowest BCUT2D eigenvalue weighted by Gasteiger charge is -2.36. The number of methoxy groups -OCH3 is 2. The minimum absolute atomic E-state index is 0.154. The standard InChI is InChI=1S/C26H31N5O3/c1-17-7-6-8-20(15-17)24-27-19(3)18(2)25(29-24)30-11-13-31(14-12-30)26(32)28-22-10-9-21(33-4)16-23(22)34-5/h6-10,15-16H,11-14H2,1-5H3,(H,28,32). The molecule has 2 amide bonds. The topological polar surface area (TPSA) is 79.8 Å². The Balaban J connectivity index is 1.46. The maximum Gasteiger partial charge on any atom is 0.322 e. The van der Waals surface area contributed by atoms with Gasteiger partial charge >= 0.3 is 6.03 Å². The summed E-state index contributed by atoms with van der Waals surface area (Å²) in [5.41, 5.74) is 4.83. The van der Waals surface area contributed by atoms with E-state index in [1.165, 1.54) is 5.56 Å². The first-order chi connectivity index (χ1) is 16.4. The van der Waals surface area contributed by atoms with Crippen LogP contribution in [0.3, 0.4) is 0 Å². The van der Waals surface area contributed by atoms with Crippen LogP contribution in [0.1, 0.15) is 16.8 Å². The summed E-state index contributed by atoms with van der Waals surface area (Å²) in [7, 11) is 3.16. The average molecular weight is 462 g/mol.